The zero-order valence-electron chi connectivity index (χ0n) is 7.54. The summed E-state index contributed by atoms with van der Waals surface area (Å²) < 4.78 is 0. The molecule has 0 unspecified atom stereocenters. The predicted molar refractivity (Wildman–Crippen MR) is 55.2 cm³/mol. The number of hydrogen-bond acceptors (Lipinski definition) is 3. The van der Waals surface area contributed by atoms with E-state index in [1.54, 1.807) is 24.8 Å². The largest absolute Gasteiger partial charge is 0.265 e. The van der Waals surface area contributed by atoms with Crippen LogP contribution in [0.5, 0.6) is 0 Å². The Morgan fingerprint density at radius 3 is 2.21 bits per heavy atom. The van der Waals surface area contributed by atoms with Gasteiger partial charge in [-0.2, -0.15) is 10.2 Å². The molecule has 0 bridgehead atoms. The summed E-state index contributed by atoms with van der Waals surface area (Å²) in [7, 11) is 0. The summed E-state index contributed by atoms with van der Waals surface area (Å²) in [4.78, 5) is 3.94. The third-order valence-electron chi connectivity index (χ3n) is 1.78. The van der Waals surface area contributed by atoms with Gasteiger partial charge in [0, 0.05) is 12.4 Å². The van der Waals surface area contributed by atoms with Crippen LogP contribution in [0.25, 0.3) is 12.2 Å². The van der Waals surface area contributed by atoms with Crippen LogP contribution >= 0.6 is 0 Å². The lowest BCUT2D eigenvalue weighted by atomic mass is 10.2. The van der Waals surface area contributed by atoms with E-state index in [1.165, 1.54) is 0 Å². The zero-order valence-corrected chi connectivity index (χ0v) is 7.54. The summed E-state index contributed by atoms with van der Waals surface area (Å²) in [5, 5.41) is 7.49. The number of aromatic nitrogens is 3. The van der Waals surface area contributed by atoms with E-state index in [4.69, 9.17) is 0 Å². The average molecular weight is 183 g/mol. The van der Waals surface area contributed by atoms with Gasteiger partial charge in [-0.15, -0.1) is 0 Å². The molecule has 2 aromatic rings. The lowest BCUT2D eigenvalue weighted by molar-refractivity contribution is 1.03. The third-order valence-corrected chi connectivity index (χ3v) is 1.78. The molecule has 14 heavy (non-hydrogen) atoms. The smallest absolute Gasteiger partial charge is 0.0568 e. The van der Waals surface area contributed by atoms with Crippen LogP contribution in [0.2, 0.25) is 0 Å². The topological polar surface area (TPSA) is 38.7 Å². The maximum atomic E-state index is 3.94. The molecule has 0 atom stereocenters. The van der Waals surface area contributed by atoms with E-state index in [2.05, 4.69) is 15.2 Å². The quantitative estimate of drug-likeness (QED) is 0.715. The van der Waals surface area contributed by atoms with Crippen molar-refractivity contribution in [3.05, 3.63) is 54.1 Å². The Labute approximate surface area is 82.2 Å². The molecule has 0 aliphatic heterocycles. The van der Waals surface area contributed by atoms with Crippen LogP contribution in [0.3, 0.4) is 0 Å². The van der Waals surface area contributed by atoms with E-state index in [9.17, 15) is 0 Å². The molecule has 3 nitrogen and oxygen atoms in total. The molecule has 0 N–H and O–H groups in total. The van der Waals surface area contributed by atoms with Crippen LogP contribution in [0, 0.1) is 0 Å². The molecule has 68 valence electrons. The first kappa shape index (κ1) is 8.56. The van der Waals surface area contributed by atoms with E-state index < -0.39 is 0 Å². The van der Waals surface area contributed by atoms with Crippen molar-refractivity contribution >= 4 is 12.2 Å². The molecule has 0 aromatic carbocycles. The molecule has 0 aliphatic rings. The maximum absolute atomic E-state index is 3.94. The molecule has 2 rings (SSSR count). The number of hydrogen-bond donors (Lipinski definition) is 0. The van der Waals surface area contributed by atoms with Crippen LogP contribution in [0.1, 0.15) is 11.1 Å². The van der Waals surface area contributed by atoms with Gasteiger partial charge in [0.05, 0.1) is 12.4 Å². The van der Waals surface area contributed by atoms with Crippen molar-refractivity contribution in [2.75, 3.05) is 0 Å². The highest BCUT2D eigenvalue weighted by atomic mass is 15.1. The first-order chi connectivity index (χ1) is 6.95. The summed E-state index contributed by atoms with van der Waals surface area (Å²) in [6.45, 7) is 0. The van der Waals surface area contributed by atoms with Gasteiger partial charge in [0.15, 0.2) is 0 Å². The Balaban J connectivity index is 2.16. The van der Waals surface area contributed by atoms with Gasteiger partial charge in [-0.05, 0) is 29.3 Å². The van der Waals surface area contributed by atoms with Gasteiger partial charge in [0.25, 0.3) is 0 Å². The van der Waals surface area contributed by atoms with Crippen molar-refractivity contribution in [1.29, 1.82) is 0 Å². The molecule has 0 saturated carbocycles. The first-order valence-corrected chi connectivity index (χ1v) is 4.30. The summed E-state index contributed by atoms with van der Waals surface area (Å²) in [5.74, 6) is 0. The van der Waals surface area contributed by atoms with Gasteiger partial charge in [-0.25, -0.2) is 0 Å². The van der Waals surface area contributed by atoms with E-state index in [1.807, 2.05) is 30.4 Å². The highest BCUT2D eigenvalue weighted by Gasteiger charge is 1.86. The second-order valence-corrected chi connectivity index (χ2v) is 2.79. The van der Waals surface area contributed by atoms with Crippen molar-refractivity contribution < 1.29 is 0 Å². The first-order valence-electron chi connectivity index (χ1n) is 4.30. The summed E-state index contributed by atoms with van der Waals surface area (Å²) in [6, 6.07) is 5.81. The average Bonchev–Trinajstić information content (AvgIpc) is 2.29. The summed E-state index contributed by atoms with van der Waals surface area (Å²) in [6.07, 6.45) is 10.9. The van der Waals surface area contributed by atoms with Crippen LogP contribution in [0.15, 0.2) is 43.0 Å². The van der Waals surface area contributed by atoms with Gasteiger partial charge in [0.1, 0.15) is 0 Å². The van der Waals surface area contributed by atoms with Crippen molar-refractivity contribution in [1.82, 2.24) is 15.2 Å². The highest BCUT2D eigenvalue weighted by molar-refractivity contribution is 5.68. The van der Waals surface area contributed by atoms with Crippen molar-refractivity contribution in [2.24, 2.45) is 0 Å². The van der Waals surface area contributed by atoms with Crippen molar-refractivity contribution in [3.8, 4) is 0 Å². The molecule has 0 spiro atoms. The molecular weight excluding hydrogens is 174 g/mol. The molecule has 2 aromatic heterocycles. The maximum Gasteiger partial charge on any atom is 0.0568 e. The van der Waals surface area contributed by atoms with E-state index >= 15 is 0 Å². The van der Waals surface area contributed by atoms with Crippen molar-refractivity contribution in [2.45, 2.75) is 0 Å². The second-order valence-electron chi connectivity index (χ2n) is 2.79. The van der Waals surface area contributed by atoms with Gasteiger partial charge in [0.2, 0.25) is 0 Å². The predicted octanol–water partition coefficient (Wildman–Crippen LogP) is 2.04. The standard InChI is InChI=1S/C11H9N3/c1(10-3-6-12-7-4-10)2-11-5-8-13-14-9-11/h1-9H/b2-1+. The Morgan fingerprint density at radius 2 is 1.50 bits per heavy atom. The molecule has 0 saturated heterocycles. The molecule has 2 heterocycles. The normalized spacial score (nSPS) is 10.6. The Bertz CT molecular complexity index is 368. The van der Waals surface area contributed by atoms with Gasteiger partial charge in [-0.3, -0.25) is 4.98 Å². The van der Waals surface area contributed by atoms with E-state index in [0.717, 1.165) is 11.1 Å². The number of rotatable bonds is 2. The van der Waals surface area contributed by atoms with E-state index in [-0.39, 0.29) is 0 Å². The SMILES string of the molecule is C(=C\c1ccnnc1)/c1ccncc1. The minimum Gasteiger partial charge on any atom is -0.265 e. The van der Waals surface area contributed by atoms with Crippen molar-refractivity contribution in [3.63, 3.8) is 0 Å². The van der Waals surface area contributed by atoms with E-state index in [0.29, 0.717) is 0 Å². The highest BCUT2D eigenvalue weighted by Crippen LogP contribution is 2.04. The number of nitrogens with zero attached hydrogens (tertiary/aromatic N) is 3. The van der Waals surface area contributed by atoms with Crippen LogP contribution in [-0.4, -0.2) is 15.2 Å². The van der Waals surface area contributed by atoms with Crippen LogP contribution in [0.4, 0.5) is 0 Å². The molecule has 0 aliphatic carbocycles. The fraction of sp³-hybridized carbons (Fsp3) is 0. The fourth-order valence-corrected chi connectivity index (χ4v) is 1.07. The monoisotopic (exact) mass is 183 g/mol. The van der Waals surface area contributed by atoms with Gasteiger partial charge >= 0.3 is 0 Å². The zero-order chi connectivity index (χ0) is 9.64. The molecule has 0 amide bonds. The third kappa shape index (κ3) is 2.23. The summed E-state index contributed by atoms with van der Waals surface area (Å²) >= 11 is 0. The Kier molecular flexibility index (Phi) is 2.62. The number of pyridine rings is 1. The molecule has 0 radical (unpaired) electrons. The lowest BCUT2D eigenvalue weighted by Gasteiger charge is -1.91. The van der Waals surface area contributed by atoms with Crippen LogP contribution in [-0.2, 0) is 0 Å². The Hall–Kier alpha value is -2.03. The fourth-order valence-electron chi connectivity index (χ4n) is 1.07. The van der Waals surface area contributed by atoms with Crippen LogP contribution < -0.4 is 0 Å². The minimum atomic E-state index is 1.04. The molecule has 0 fully saturated rings. The lowest BCUT2D eigenvalue weighted by Crippen LogP contribution is -1.79. The second kappa shape index (κ2) is 4.28. The molecular formula is C11H9N3. The van der Waals surface area contributed by atoms with Gasteiger partial charge < -0.3 is 0 Å². The van der Waals surface area contributed by atoms with Gasteiger partial charge in [-0.1, -0.05) is 12.2 Å². The molecule has 3 heteroatoms. The summed E-state index contributed by atoms with van der Waals surface area (Å²) in [5.41, 5.74) is 2.16. The Morgan fingerprint density at radius 1 is 0.786 bits per heavy atom. The minimum absolute atomic E-state index is 1.04.